The van der Waals surface area contributed by atoms with Crippen LogP contribution in [0.2, 0.25) is 0 Å². The van der Waals surface area contributed by atoms with E-state index in [0.29, 0.717) is 16.7 Å². The number of rotatable bonds is 4. The molecule has 0 radical (unpaired) electrons. The van der Waals surface area contributed by atoms with E-state index in [9.17, 15) is 13.9 Å². The van der Waals surface area contributed by atoms with E-state index < -0.39 is 17.7 Å². The van der Waals surface area contributed by atoms with Crippen LogP contribution in [0.1, 0.15) is 30.7 Å². The van der Waals surface area contributed by atoms with Gasteiger partial charge >= 0.3 is 0 Å². The van der Waals surface area contributed by atoms with E-state index in [4.69, 9.17) is 0 Å². The van der Waals surface area contributed by atoms with Crippen LogP contribution in [-0.2, 0) is 6.54 Å². The van der Waals surface area contributed by atoms with Crippen molar-refractivity contribution in [2.75, 3.05) is 0 Å². The number of aliphatic hydroxyl groups is 1. The molecule has 0 aliphatic heterocycles. The number of aryl methyl sites for hydroxylation is 1. The van der Waals surface area contributed by atoms with E-state index in [1.807, 2.05) is 6.92 Å². The first-order valence-corrected chi connectivity index (χ1v) is 6.68. The standard InChI is InChI=1S/C13H13BrF2N2O/c1-2-6-18-12(8(14)7-17-18)13(19)11-9(15)4-3-5-10(11)16/h3-5,7,13,19H,2,6H2,1H3. The zero-order chi connectivity index (χ0) is 14.0. The zero-order valence-corrected chi connectivity index (χ0v) is 11.9. The van der Waals surface area contributed by atoms with E-state index >= 15 is 0 Å². The van der Waals surface area contributed by atoms with Gasteiger partial charge in [-0.15, -0.1) is 0 Å². The van der Waals surface area contributed by atoms with Crippen LogP contribution in [0.5, 0.6) is 0 Å². The van der Waals surface area contributed by atoms with Crippen molar-refractivity contribution in [3.63, 3.8) is 0 Å². The summed E-state index contributed by atoms with van der Waals surface area (Å²) >= 11 is 3.25. The summed E-state index contributed by atoms with van der Waals surface area (Å²) < 4.78 is 29.5. The van der Waals surface area contributed by atoms with Crippen LogP contribution in [0.25, 0.3) is 0 Å². The monoisotopic (exact) mass is 330 g/mol. The highest BCUT2D eigenvalue weighted by Gasteiger charge is 2.25. The predicted molar refractivity (Wildman–Crippen MR) is 70.6 cm³/mol. The fourth-order valence-electron chi connectivity index (χ4n) is 1.94. The van der Waals surface area contributed by atoms with Crippen molar-refractivity contribution in [1.29, 1.82) is 0 Å². The van der Waals surface area contributed by atoms with E-state index in [1.165, 1.54) is 12.3 Å². The molecule has 0 saturated heterocycles. The van der Waals surface area contributed by atoms with Gasteiger partial charge in [0.25, 0.3) is 0 Å². The summed E-state index contributed by atoms with van der Waals surface area (Å²) in [7, 11) is 0. The number of hydrogen-bond acceptors (Lipinski definition) is 2. The fourth-order valence-corrected chi connectivity index (χ4v) is 2.46. The Balaban J connectivity index is 2.50. The van der Waals surface area contributed by atoms with Crippen molar-refractivity contribution in [3.05, 3.63) is 51.8 Å². The Morgan fingerprint density at radius 2 is 2.00 bits per heavy atom. The Morgan fingerprint density at radius 1 is 1.37 bits per heavy atom. The molecule has 1 heterocycles. The summed E-state index contributed by atoms with van der Waals surface area (Å²) in [5, 5.41) is 14.3. The molecule has 1 atom stereocenters. The van der Waals surface area contributed by atoms with Crippen molar-refractivity contribution >= 4 is 15.9 Å². The molecular formula is C13H13BrF2N2O. The van der Waals surface area contributed by atoms with Crippen LogP contribution in [-0.4, -0.2) is 14.9 Å². The quantitative estimate of drug-likeness (QED) is 0.932. The fraction of sp³-hybridized carbons (Fsp3) is 0.308. The second-order valence-electron chi connectivity index (χ2n) is 4.14. The molecule has 3 nitrogen and oxygen atoms in total. The third-order valence-electron chi connectivity index (χ3n) is 2.80. The van der Waals surface area contributed by atoms with Crippen molar-refractivity contribution in [2.24, 2.45) is 0 Å². The van der Waals surface area contributed by atoms with Gasteiger partial charge in [0.2, 0.25) is 0 Å². The largest absolute Gasteiger partial charge is 0.382 e. The number of halogens is 3. The molecule has 2 aromatic rings. The first-order valence-electron chi connectivity index (χ1n) is 5.89. The molecule has 0 bridgehead atoms. The average molecular weight is 331 g/mol. The van der Waals surface area contributed by atoms with Crippen LogP contribution < -0.4 is 0 Å². The molecule has 0 aliphatic rings. The maximum Gasteiger partial charge on any atom is 0.132 e. The van der Waals surface area contributed by atoms with Crippen molar-refractivity contribution in [3.8, 4) is 0 Å². The summed E-state index contributed by atoms with van der Waals surface area (Å²) in [4.78, 5) is 0. The molecule has 1 N–H and O–H groups in total. The van der Waals surface area contributed by atoms with Crippen LogP contribution >= 0.6 is 15.9 Å². The van der Waals surface area contributed by atoms with Gasteiger partial charge in [-0.2, -0.15) is 5.10 Å². The molecule has 19 heavy (non-hydrogen) atoms. The van der Waals surface area contributed by atoms with Gasteiger partial charge in [0.15, 0.2) is 0 Å². The van der Waals surface area contributed by atoms with Crippen molar-refractivity contribution in [1.82, 2.24) is 9.78 Å². The molecule has 1 aromatic heterocycles. The molecule has 102 valence electrons. The molecule has 6 heteroatoms. The number of hydrogen-bond donors (Lipinski definition) is 1. The minimum atomic E-state index is -1.40. The minimum Gasteiger partial charge on any atom is -0.382 e. The maximum atomic E-state index is 13.7. The molecule has 0 amide bonds. The normalized spacial score (nSPS) is 12.7. The maximum absolute atomic E-state index is 13.7. The van der Waals surface area contributed by atoms with Gasteiger partial charge in [0, 0.05) is 6.54 Å². The first kappa shape index (κ1) is 14.1. The second-order valence-corrected chi connectivity index (χ2v) is 4.99. The Kier molecular flexibility index (Phi) is 4.31. The molecule has 1 unspecified atom stereocenters. The topological polar surface area (TPSA) is 38.0 Å². The van der Waals surface area contributed by atoms with E-state index in [0.717, 1.165) is 18.6 Å². The number of aromatic nitrogens is 2. The summed E-state index contributed by atoms with van der Waals surface area (Å²) in [5.41, 5.74) is -0.00750. The third kappa shape index (κ3) is 2.69. The van der Waals surface area contributed by atoms with Gasteiger partial charge in [-0.05, 0) is 34.5 Å². The highest BCUT2D eigenvalue weighted by molar-refractivity contribution is 9.10. The minimum absolute atomic E-state index is 0.353. The molecule has 0 fully saturated rings. The smallest absolute Gasteiger partial charge is 0.132 e. The lowest BCUT2D eigenvalue weighted by Crippen LogP contribution is -2.13. The van der Waals surface area contributed by atoms with Crippen molar-refractivity contribution < 1.29 is 13.9 Å². The van der Waals surface area contributed by atoms with Crippen molar-refractivity contribution in [2.45, 2.75) is 26.0 Å². The van der Waals surface area contributed by atoms with E-state index in [1.54, 1.807) is 4.68 Å². The lowest BCUT2D eigenvalue weighted by molar-refractivity contribution is 0.196. The van der Waals surface area contributed by atoms with Crippen LogP contribution in [0.15, 0.2) is 28.9 Å². The van der Waals surface area contributed by atoms with Crippen LogP contribution in [0, 0.1) is 11.6 Å². The molecular weight excluding hydrogens is 318 g/mol. The van der Waals surface area contributed by atoms with Gasteiger partial charge in [-0.25, -0.2) is 8.78 Å². The lowest BCUT2D eigenvalue weighted by Gasteiger charge is -2.15. The van der Waals surface area contributed by atoms with Gasteiger partial charge in [0.05, 0.1) is 21.9 Å². The zero-order valence-electron chi connectivity index (χ0n) is 10.3. The Morgan fingerprint density at radius 3 is 2.58 bits per heavy atom. The van der Waals surface area contributed by atoms with Crippen LogP contribution in [0.3, 0.4) is 0 Å². The number of benzene rings is 1. The molecule has 0 spiro atoms. The Bertz CT molecular complexity index is 566. The Labute approximate surface area is 118 Å². The average Bonchev–Trinajstić information content (AvgIpc) is 2.70. The summed E-state index contributed by atoms with van der Waals surface area (Å²) in [6.45, 7) is 2.52. The van der Waals surface area contributed by atoms with Crippen LogP contribution in [0.4, 0.5) is 8.78 Å². The SMILES string of the molecule is CCCn1ncc(Br)c1C(O)c1c(F)cccc1F. The predicted octanol–water partition coefficient (Wildman–Crippen LogP) is 3.42. The lowest BCUT2D eigenvalue weighted by atomic mass is 10.1. The van der Waals surface area contributed by atoms with E-state index in [2.05, 4.69) is 21.0 Å². The molecule has 0 saturated carbocycles. The van der Waals surface area contributed by atoms with Gasteiger partial charge in [-0.3, -0.25) is 4.68 Å². The summed E-state index contributed by atoms with van der Waals surface area (Å²) in [6, 6.07) is 3.51. The number of nitrogens with zero attached hydrogens (tertiary/aromatic N) is 2. The first-order chi connectivity index (χ1) is 9.06. The van der Waals surface area contributed by atoms with Gasteiger partial charge in [-0.1, -0.05) is 13.0 Å². The summed E-state index contributed by atoms with van der Waals surface area (Å²) in [5.74, 6) is -1.55. The molecule has 1 aromatic carbocycles. The highest BCUT2D eigenvalue weighted by atomic mass is 79.9. The highest BCUT2D eigenvalue weighted by Crippen LogP contribution is 2.31. The van der Waals surface area contributed by atoms with Gasteiger partial charge in [0.1, 0.15) is 17.7 Å². The Hall–Kier alpha value is -1.27. The second kappa shape index (κ2) is 5.79. The third-order valence-corrected chi connectivity index (χ3v) is 3.41. The van der Waals surface area contributed by atoms with E-state index in [-0.39, 0.29) is 5.56 Å². The summed E-state index contributed by atoms with van der Waals surface area (Å²) in [6.07, 6.45) is 0.908. The number of aliphatic hydroxyl groups excluding tert-OH is 1. The molecule has 0 aliphatic carbocycles. The molecule has 2 rings (SSSR count). The van der Waals surface area contributed by atoms with Gasteiger partial charge < -0.3 is 5.11 Å².